The summed E-state index contributed by atoms with van der Waals surface area (Å²) in [6.45, 7) is 15.5. The van der Waals surface area contributed by atoms with Crippen LogP contribution in [0.5, 0.6) is 0 Å². The van der Waals surface area contributed by atoms with Gasteiger partial charge in [0.05, 0.1) is 172 Å². The van der Waals surface area contributed by atoms with E-state index < -0.39 is 0 Å². The highest BCUT2D eigenvalue weighted by Gasteiger charge is 2.27. The van der Waals surface area contributed by atoms with E-state index in [2.05, 4.69) is 292 Å². The average Bonchev–Trinajstić information content (AvgIpc) is 1.57. The van der Waals surface area contributed by atoms with Crippen LogP contribution in [0.3, 0.4) is 0 Å². The van der Waals surface area contributed by atoms with Crippen molar-refractivity contribution in [1.82, 2.24) is 27.4 Å². The standard InChI is InChI=1S/3C45H25N5/c1-48-40-14-8-13-37-35-11-4-6-15-41(35)49(45(37)40)32-21-19-31(20-22-32)33-9-2-3-10-34(33)38-25-29(27-46)17-23-43(38)50-42-16-7-5-12-36(42)39-26-30(28-47)18-24-44(39)50;1-48-32-18-21-38-36-10-4-6-12-41(36)49(45(38)26-32)33-19-16-31(17-20-33)34-8-2-3-9-35(34)39-24-29(27-46)14-22-43(39)50-42-13-7-5-11-37(42)40-25-30(28-47)15-23-44(40)50;46-26-29-16-22-42(50-43-23-17-30(27-47)25-39(43)45-32(28-48)8-7-15-44(45)50)38(24-29)35-10-2-1-9-34(35)31-18-20-33(21-19-31)49-40-13-5-3-11-36(40)37-12-4-6-14-41(37)49/h2*2-26H;1-25H. The average molecular weight is 1910 g/mol. The van der Waals surface area contributed by atoms with E-state index in [9.17, 15) is 36.8 Å². The Morgan fingerprint density at radius 1 is 0.180 bits per heavy atom. The van der Waals surface area contributed by atoms with Crippen molar-refractivity contribution < 1.29 is 0 Å². The summed E-state index contributed by atoms with van der Waals surface area (Å²) in [5.74, 6) is 0. The summed E-state index contributed by atoms with van der Waals surface area (Å²) < 4.78 is 13.3. The fraction of sp³-hybridized carbons (Fsp3) is 0. The van der Waals surface area contributed by atoms with Crippen molar-refractivity contribution in [2.24, 2.45) is 0 Å². The van der Waals surface area contributed by atoms with Gasteiger partial charge in [-0.3, -0.25) is 0 Å². The maximum Gasteiger partial charge on any atom is 0.211 e. The minimum atomic E-state index is 0.527. The first-order chi connectivity index (χ1) is 74.0. The van der Waals surface area contributed by atoms with Crippen molar-refractivity contribution in [2.75, 3.05) is 0 Å². The van der Waals surface area contributed by atoms with Crippen LogP contribution >= 0.6 is 0 Å². The van der Waals surface area contributed by atoms with Gasteiger partial charge in [-0.05, 0) is 256 Å². The van der Waals surface area contributed by atoms with Crippen LogP contribution in [-0.2, 0) is 0 Å². The quantitative estimate of drug-likeness (QED) is 0.108. The summed E-state index contributed by atoms with van der Waals surface area (Å²) in [4.78, 5) is 7.57. The number of fused-ring (bicyclic) bond motifs is 18. The van der Waals surface area contributed by atoms with Crippen LogP contribution in [0.25, 0.3) is 241 Å². The Kier molecular flexibility index (Phi) is 22.0. The Morgan fingerprint density at radius 3 is 0.853 bits per heavy atom. The van der Waals surface area contributed by atoms with Crippen LogP contribution in [0.4, 0.5) is 11.4 Å². The van der Waals surface area contributed by atoms with Gasteiger partial charge in [-0.1, -0.05) is 255 Å². The Balaban J connectivity index is 0.000000116. The van der Waals surface area contributed by atoms with E-state index in [1.54, 1.807) is 6.07 Å². The molecule has 15 heteroatoms. The van der Waals surface area contributed by atoms with Crippen LogP contribution in [0.15, 0.2) is 455 Å². The molecule has 0 amide bonds. The highest BCUT2D eigenvalue weighted by Crippen LogP contribution is 2.49. The van der Waals surface area contributed by atoms with Gasteiger partial charge in [0.15, 0.2) is 5.69 Å². The van der Waals surface area contributed by atoms with Crippen molar-refractivity contribution in [3.05, 3.63) is 517 Å². The largest absolute Gasteiger partial charge is 0.319 e. The molecule has 690 valence electrons. The molecule has 0 atom stereocenters. The topological polar surface area (TPSA) is 205 Å². The third-order valence-corrected chi connectivity index (χ3v) is 28.9. The smallest absolute Gasteiger partial charge is 0.211 e. The number of nitriles is 7. The van der Waals surface area contributed by atoms with Crippen LogP contribution in [0.2, 0.25) is 0 Å². The second kappa shape index (κ2) is 37.0. The van der Waals surface area contributed by atoms with E-state index in [4.69, 9.17) is 13.1 Å². The molecule has 0 aliphatic heterocycles. The molecule has 150 heavy (non-hydrogen) atoms. The zero-order valence-corrected chi connectivity index (χ0v) is 80.0. The van der Waals surface area contributed by atoms with E-state index >= 15 is 0 Å². The second-order valence-electron chi connectivity index (χ2n) is 36.9. The number of hydrogen-bond acceptors (Lipinski definition) is 7. The van der Waals surface area contributed by atoms with Crippen LogP contribution in [0.1, 0.15) is 38.9 Å². The van der Waals surface area contributed by atoms with Crippen molar-refractivity contribution in [1.29, 1.82) is 36.8 Å². The minimum absolute atomic E-state index is 0.527. The molecule has 0 spiro atoms. The highest BCUT2D eigenvalue weighted by molar-refractivity contribution is 6.18. The minimum Gasteiger partial charge on any atom is -0.319 e. The molecule has 21 aromatic carbocycles. The van der Waals surface area contributed by atoms with E-state index in [0.717, 1.165) is 221 Å². The van der Waals surface area contributed by atoms with Crippen molar-refractivity contribution >= 4 is 142 Å². The SMILES string of the molecule is N#Cc1ccc(-n2c3ccc(C#N)cc3c3c(C#N)cccc32)c(-c2ccccc2-c2ccc(-n3c4ccccc4c4ccccc43)cc2)c1.[C-]#[N+]c1ccc2c3ccccc3n(-c3ccc(-c4ccccc4-c4cc(C#N)ccc4-n4c5ccccc5c5cc(C#N)ccc54)cc3)c2c1.[C-]#[N+]c1cccc2c3ccccc3n(-c3ccc(-c4ccccc4-c4cc(C#N)ccc4-n4c5ccccc5c5cc(C#N)ccc54)cc3)c12. The number of benzene rings is 21. The molecule has 27 rings (SSSR count). The maximum absolute atomic E-state index is 10.1. The Bertz CT molecular complexity index is 10700. The molecule has 0 radical (unpaired) electrons. The normalized spacial score (nSPS) is 11.1. The summed E-state index contributed by atoms with van der Waals surface area (Å²) in [6, 6.07) is 169. The fourth-order valence-corrected chi connectivity index (χ4v) is 22.3. The molecule has 6 heterocycles. The number of aromatic nitrogens is 6. The summed E-state index contributed by atoms with van der Waals surface area (Å²) in [6.07, 6.45) is 0. The van der Waals surface area contributed by atoms with Crippen molar-refractivity contribution in [3.63, 3.8) is 0 Å². The lowest BCUT2D eigenvalue weighted by Crippen LogP contribution is -1.99. The van der Waals surface area contributed by atoms with Gasteiger partial charge in [0.25, 0.3) is 0 Å². The fourth-order valence-electron chi connectivity index (χ4n) is 22.3. The van der Waals surface area contributed by atoms with Crippen LogP contribution in [-0.4, -0.2) is 27.4 Å². The number of rotatable bonds is 12. The van der Waals surface area contributed by atoms with E-state index in [-0.39, 0.29) is 0 Å². The molecule has 0 unspecified atom stereocenters. The van der Waals surface area contributed by atoms with Gasteiger partial charge in [-0.15, -0.1) is 0 Å². The lowest BCUT2D eigenvalue weighted by atomic mass is 9.92. The Hall–Kier alpha value is -22.2. The molecule has 0 aliphatic carbocycles. The molecule has 27 aromatic rings. The molecular weight excluding hydrogens is 1830 g/mol. The van der Waals surface area contributed by atoms with E-state index in [0.29, 0.717) is 50.3 Å². The van der Waals surface area contributed by atoms with Gasteiger partial charge in [0, 0.05) is 98.5 Å². The molecule has 0 bridgehead atoms. The van der Waals surface area contributed by atoms with Crippen LogP contribution < -0.4 is 0 Å². The summed E-state index contributed by atoms with van der Waals surface area (Å²) in [5.41, 5.74) is 35.1. The molecule has 0 fully saturated rings. The summed E-state index contributed by atoms with van der Waals surface area (Å²) >= 11 is 0. The molecule has 0 saturated carbocycles. The zero-order valence-electron chi connectivity index (χ0n) is 80.0. The lowest BCUT2D eigenvalue weighted by Gasteiger charge is -2.18. The van der Waals surface area contributed by atoms with E-state index in [1.807, 2.05) is 237 Å². The van der Waals surface area contributed by atoms with Gasteiger partial charge in [-0.2, -0.15) is 36.8 Å². The first kappa shape index (κ1) is 89.2. The van der Waals surface area contributed by atoms with Gasteiger partial charge >= 0.3 is 0 Å². The Labute approximate surface area is 860 Å². The monoisotopic (exact) mass is 1910 g/mol. The summed E-state index contributed by atoms with van der Waals surface area (Å²) in [5, 5.41) is 81.8. The van der Waals surface area contributed by atoms with Crippen LogP contribution in [0, 0.1) is 92.5 Å². The van der Waals surface area contributed by atoms with Gasteiger partial charge < -0.3 is 27.4 Å². The summed E-state index contributed by atoms with van der Waals surface area (Å²) in [7, 11) is 0. The molecular formula is C135H75N15. The second-order valence-corrected chi connectivity index (χ2v) is 36.9. The van der Waals surface area contributed by atoms with E-state index in [1.165, 1.54) is 10.8 Å². The molecule has 0 saturated heterocycles. The third kappa shape index (κ3) is 14.8. The molecule has 15 nitrogen and oxygen atoms in total. The number of nitrogens with zero attached hydrogens (tertiary/aromatic N) is 15. The third-order valence-electron chi connectivity index (χ3n) is 28.9. The lowest BCUT2D eigenvalue weighted by molar-refractivity contribution is 1.18. The predicted molar refractivity (Wildman–Crippen MR) is 604 cm³/mol. The molecule has 6 aromatic heterocycles. The van der Waals surface area contributed by atoms with Crippen molar-refractivity contribution in [2.45, 2.75) is 0 Å². The maximum atomic E-state index is 10.1. The Morgan fingerprint density at radius 2 is 0.467 bits per heavy atom. The van der Waals surface area contributed by atoms with Gasteiger partial charge in [-0.25, -0.2) is 9.69 Å². The zero-order chi connectivity index (χ0) is 101. The van der Waals surface area contributed by atoms with Gasteiger partial charge in [0.2, 0.25) is 5.69 Å². The highest BCUT2D eigenvalue weighted by atomic mass is 15.0. The predicted octanol–water partition coefficient (Wildman–Crippen LogP) is 33.8. The number of para-hydroxylation sites is 7. The first-order valence-electron chi connectivity index (χ1n) is 48.8. The van der Waals surface area contributed by atoms with Gasteiger partial charge in [0.1, 0.15) is 0 Å². The molecule has 0 N–H and O–H groups in total. The molecule has 0 aliphatic rings. The van der Waals surface area contributed by atoms with Crippen molar-refractivity contribution in [3.8, 4) is 143 Å². The number of hydrogen-bond donors (Lipinski definition) is 0. The first-order valence-corrected chi connectivity index (χ1v) is 48.8.